The standard InChI is InChI=1S/C12H21F3N2/c1-10-8-17-6-2-4-11(17)9-16(10)7-3-5-12(13,14)15/h10-11H,2-9H2,1H3. The lowest BCUT2D eigenvalue weighted by atomic mass is 10.1. The predicted molar refractivity (Wildman–Crippen MR) is 60.9 cm³/mol. The smallest absolute Gasteiger partial charge is 0.298 e. The third kappa shape index (κ3) is 3.58. The first-order valence-corrected chi connectivity index (χ1v) is 6.50. The van der Waals surface area contributed by atoms with Crippen LogP contribution in [-0.4, -0.2) is 54.2 Å². The van der Waals surface area contributed by atoms with Crippen LogP contribution in [0.2, 0.25) is 0 Å². The SMILES string of the molecule is CC1CN2CCCC2CN1CCCC(F)(F)F. The maximum atomic E-state index is 12.1. The lowest BCUT2D eigenvalue weighted by molar-refractivity contribution is -0.136. The first-order chi connectivity index (χ1) is 7.96. The van der Waals surface area contributed by atoms with E-state index in [1.165, 1.54) is 19.4 Å². The Bertz CT molecular complexity index is 255. The summed E-state index contributed by atoms with van der Waals surface area (Å²) in [6, 6.07) is 0.995. The molecule has 0 bridgehead atoms. The maximum absolute atomic E-state index is 12.1. The van der Waals surface area contributed by atoms with Gasteiger partial charge in [0.05, 0.1) is 0 Å². The second kappa shape index (κ2) is 5.14. The van der Waals surface area contributed by atoms with E-state index < -0.39 is 12.6 Å². The van der Waals surface area contributed by atoms with Crippen molar-refractivity contribution in [2.45, 2.75) is 50.9 Å². The van der Waals surface area contributed by atoms with E-state index >= 15 is 0 Å². The van der Waals surface area contributed by atoms with Gasteiger partial charge in [0.15, 0.2) is 0 Å². The molecule has 0 amide bonds. The first-order valence-electron chi connectivity index (χ1n) is 6.50. The average Bonchev–Trinajstić information content (AvgIpc) is 2.63. The number of halogens is 3. The van der Waals surface area contributed by atoms with E-state index in [-0.39, 0.29) is 6.42 Å². The summed E-state index contributed by atoms with van der Waals surface area (Å²) in [5, 5.41) is 0. The molecule has 100 valence electrons. The van der Waals surface area contributed by atoms with E-state index in [1.54, 1.807) is 0 Å². The minimum atomic E-state index is -4.00. The molecular weight excluding hydrogens is 229 g/mol. The van der Waals surface area contributed by atoms with Gasteiger partial charge in [-0.05, 0) is 39.3 Å². The second-order valence-electron chi connectivity index (χ2n) is 5.35. The van der Waals surface area contributed by atoms with Crippen LogP contribution in [0.25, 0.3) is 0 Å². The molecule has 0 spiro atoms. The van der Waals surface area contributed by atoms with Gasteiger partial charge in [-0.1, -0.05) is 0 Å². The summed E-state index contributed by atoms with van der Waals surface area (Å²) >= 11 is 0. The summed E-state index contributed by atoms with van der Waals surface area (Å²) < 4.78 is 36.3. The van der Waals surface area contributed by atoms with Gasteiger partial charge in [-0.25, -0.2) is 0 Å². The van der Waals surface area contributed by atoms with Crippen molar-refractivity contribution in [1.82, 2.24) is 9.80 Å². The zero-order valence-corrected chi connectivity index (χ0v) is 10.3. The highest BCUT2D eigenvalue weighted by Crippen LogP contribution is 2.26. The molecule has 2 unspecified atom stereocenters. The number of fused-ring (bicyclic) bond motifs is 1. The van der Waals surface area contributed by atoms with Gasteiger partial charge in [0.1, 0.15) is 0 Å². The van der Waals surface area contributed by atoms with Crippen LogP contribution in [0.4, 0.5) is 13.2 Å². The fourth-order valence-corrected chi connectivity index (χ4v) is 3.04. The molecule has 0 aliphatic carbocycles. The van der Waals surface area contributed by atoms with Gasteiger partial charge >= 0.3 is 6.18 Å². The van der Waals surface area contributed by atoms with Crippen LogP contribution in [-0.2, 0) is 0 Å². The van der Waals surface area contributed by atoms with Crippen molar-refractivity contribution >= 4 is 0 Å². The van der Waals surface area contributed by atoms with E-state index in [9.17, 15) is 13.2 Å². The minimum absolute atomic E-state index is 0.237. The zero-order chi connectivity index (χ0) is 12.5. The molecule has 2 atom stereocenters. The van der Waals surface area contributed by atoms with Crippen LogP contribution >= 0.6 is 0 Å². The van der Waals surface area contributed by atoms with Crippen LogP contribution in [0.1, 0.15) is 32.6 Å². The molecule has 0 radical (unpaired) electrons. The monoisotopic (exact) mass is 250 g/mol. The molecule has 0 aromatic carbocycles. The Morgan fingerprint density at radius 2 is 2.00 bits per heavy atom. The largest absolute Gasteiger partial charge is 0.389 e. The lowest BCUT2D eigenvalue weighted by Crippen LogP contribution is -2.55. The highest BCUT2D eigenvalue weighted by atomic mass is 19.4. The van der Waals surface area contributed by atoms with Crippen LogP contribution in [0.5, 0.6) is 0 Å². The molecule has 2 fully saturated rings. The summed E-state index contributed by atoms with van der Waals surface area (Å²) in [6.45, 7) is 5.87. The molecule has 2 nitrogen and oxygen atoms in total. The number of rotatable bonds is 3. The Morgan fingerprint density at radius 1 is 1.24 bits per heavy atom. The van der Waals surface area contributed by atoms with Gasteiger partial charge in [-0.2, -0.15) is 13.2 Å². The Labute approximate surface area is 101 Å². The molecule has 2 aliphatic heterocycles. The zero-order valence-electron chi connectivity index (χ0n) is 10.3. The van der Waals surface area contributed by atoms with Crippen molar-refractivity contribution in [3.63, 3.8) is 0 Å². The Kier molecular flexibility index (Phi) is 3.98. The highest BCUT2D eigenvalue weighted by molar-refractivity contribution is 4.90. The van der Waals surface area contributed by atoms with E-state index in [2.05, 4.69) is 16.7 Å². The third-order valence-corrected chi connectivity index (χ3v) is 3.97. The van der Waals surface area contributed by atoms with Crippen LogP contribution in [0.15, 0.2) is 0 Å². The molecule has 0 aromatic rings. The van der Waals surface area contributed by atoms with Crippen molar-refractivity contribution in [3.8, 4) is 0 Å². The van der Waals surface area contributed by atoms with E-state index in [4.69, 9.17) is 0 Å². The summed E-state index contributed by atoms with van der Waals surface area (Å²) in [5.41, 5.74) is 0. The van der Waals surface area contributed by atoms with E-state index in [0.717, 1.165) is 13.1 Å². The molecule has 0 aromatic heterocycles. The Hall–Kier alpha value is -0.290. The topological polar surface area (TPSA) is 6.48 Å². The van der Waals surface area contributed by atoms with Gasteiger partial charge in [-0.15, -0.1) is 0 Å². The van der Waals surface area contributed by atoms with Gasteiger partial charge < -0.3 is 0 Å². The number of piperazine rings is 1. The van der Waals surface area contributed by atoms with Gasteiger partial charge in [0, 0.05) is 31.6 Å². The van der Waals surface area contributed by atoms with Gasteiger partial charge in [-0.3, -0.25) is 9.80 Å². The molecule has 5 heteroatoms. The highest BCUT2D eigenvalue weighted by Gasteiger charge is 2.34. The van der Waals surface area contributed by atoms with Crippen molar-refractivity contribution < 1.29 is 13.2 Å². The van der Waals surface area contributed by atoms with Gasteiger partial charge in [0.2, 0.25) is 0 Å². The fraction of sp³-hybridized carbons (Fsp3) is 1.00. The van der Waals surface area contributed by atoms with E-state index in [0.29, 0.717) is 18.6 Å². The molecule has 2 saturated heterocycles. The van der Waals surface area contributed by atoms with Gasteiger partial charge in [0.25, 0.3) is 0 Å². The minimum Gasteiger partial charge on any atom is -0.298 e. The van der Waals surface area contributed by atoms with Crippen molar-refractivity contribution in [1.29, 1.82) is 0 Å². The molecule has 2 rings (SSSR count). The molecule has 0 N–H and O–H groups in total. The quantitative estimate of drug-likeness (QED) is 0.759. The molecular formula is C12H21F3N2. The number of alkyl halides is 3. The third-order valence-electron chi connectivity index (χ3n) is 3.97. The normalized spacial score (nSPS) is 31.8. The summed E-state index contributed by atoms with van der Waals surface area (Å²) in [4.78, 5) is 4.73. The van der Waals surface area contributed by atoms with Crippen LogP contribution in [0, 0.1) is 0 Å². The fourth-order valence-electron chi connectivity index (χ4n) is 3.04. The van der Waals surface area contributed by atoms with Crippen LogP contribution < -0.4 is 0 Å². The number of hydrogen-bond acceptors (Lipinski definition) is 2. The first kappa shape index (κ1) is 13.1. The molecule has 2 heterocycles. The Morgan fingerprint density at radius 3 is 2.71 bits per heavy atom. The second-order valence-corrected chi connectivity index (χ2v) is 5.35. The average molecular weight is 250 g/mol. The van der Waals surface area contributed by atoms with Crippen molar-refractivity contribution in [2.75, 3.05) is 26.2 Å². The summed E-state index contributed by atoms with van der Waals surface area (Å²) in [7, 11) is 0. The summed E-state index contributed by atoms with van der Waals surface area (Å²) in [6.07, 6.45) is -1.96. The lowest BCUT2D eigenvalue weighted by Gasteiger charge is -2.42. The molecule has 0 saturated carbocycles. The molecule has 2 aliphatic rings. The van der Waals surface area contributed by atoms with Crippen LogP contribution in [0.3, 0.4) is 0 Å². The number of nitrogens with zero attached hydrogens (tertiary/aromatic N) is 2. The van der Waals surface area contributed by atoms with Crippen molar-refractivity contribution in [3.05, 3.63) is 0 Å². The maximum Gasteiger partial charge on any atom is 0.389 e. The van der Waals surface area contributed by atoms with E-state index in [1.807, 2.05) is 0 Å². The summed E-state index contributed by atoms with van der Waals surface area (Å²) in [5.74, 6) is 0. The number of hydrogen-bond donors (Lipinski definition) is 0. The van der Waals surface area contributed by atoms with Crippen molar-refractivity contribution in [2.24, 2.45) is 0 Å². The predicted octanol–water partition coefficient (Wildman–Crippen LogP) is 2.50. The molecule has 17 heavy (non-hydrogen) atoms. The Balaban J connectivity index is 1.76.